The largest absolute Gasteiger partial charge is 0.455 e. The van der Waals surface area contributed by atoms with Crippen molar-refractivity contribution in [3.05, 3.63) is 28.6 Å². The Hall–Kier alpha value is -2.17. The molecule has 0 saturated heterocycles. The molecule has 0 aliphatic carbocycles. The molecule has 0 bridgehead atoms. The molecule has 1 amide bonds. The van der Waals surface area contributed by atoms with Crippen LogP contribution in [0.2, 0.25) is 0 Å². The van der Waals surface area contributed by atoms with Gasteiger partial charge < -0.3 is 10.1 Å². The van der Waals surface area contributed by atoms with E-state index in [0.29, 0.717) is 5.69 Å². The molecule has 5 nitrogen and oxygen atoms in total. The molecule has 2 aromatic heterocycles. The lowest BCUT2D eigenvalue weighted by Gasteiger charge is -2.03. The van der Waals surface area contributed by atoms with Crippen LogP contribution in [0.3, 0.4) is 0 Å². The first kappa shape index (κ1) is 15.2. The Balaban J connectivity index is 1.81. The number of carbonyl (C=O) groups excluding carboxylic acids is 2. The van der Waals surface area contributed by atoms with Gasteiger partial charge in [-0.1, -0.05) is 12.0 Å². The highest BCUT2D eigenvalue weighted by Gasteiger charge is 2.12. The molecule has 0 saturated carbocycles. The van der Waals surface area contributed by atoms with Gasteiger partial charge in [-0.05, 0) is 11.4 Å². The summed E-state index contributed by atoms with van der Waals surface area (Å²) in [5, 5.41) is 7.07. The van der Waals surface area contributed by atoms with E-state index in [2.05, 4.69) is 16.2 Å². The Morgan fingerprint density at radius 1 is 1.43 bits per heavy atom. The summed E-state index contributed by atoms with van der Waals surface area (Å²) in [5.74, 6) is 1.35. The summed E-state index contributed by atoms with van der Waals surface area (Å²) < 4.78 is 4.85. The number of terminal acetylenes is 1. The number of ether oxygens (including phenoxy) is 1. The van der Waals surface area contributed by atoms with Gasteiger partial charge in [0.15, 0.2) is 6.61 Å². The van der Waals surface area contributed by atoms with Crippen LogP contribution in [0.1, 0.15) is 5.69 Å². The Labute approximate surface area is 130 Å². The number of rotatable bonds is 6. The maximum atomic E-state index is 11.6. The molecule has 2 heterocycles. The van der Waals surface area contributed by atoms with E-state index >= 15 is 0 Å². The Morgan fingerprint density at radius 2 is 2.29 bits per heavy atom. The second-order valence-electron chi connectivity index (χ2n) is 3.94. The summed E-state index contributed by atoms with van der Waals surface area (Å²) in [6.07, 6.45) is 5.04. The molecule has 0 spiro atoms. The fourth-order valence-electron chi connectivity index (χ4n) is 1.45. The molecule has 108 valence electrons. The molecule has 2 rings (SSSR count). The lowest BCUT2D eigenvalue weighted by atomic mass is 10.3. The molecule has 0 aliphatic heterocycles. The first-order chi connectivity index (χ1) is 10.2. The van der Waals surface area contributed by atoms with Crippen LogP contribution in [0.25, 0.3) is 9.88 Å². The second kappa shape index (κ2) is 7.57. The van der Waals surface area contributed by atoms with Crippen molar-refractivity contribution in [1.29, 1.82) is 0 Å². The number of esters is 1. The van der Waals surface area contributed by atoms with Crippen LogP contribution in [-0.2, 0) is 20.7 Å². The van der Waals surface area contributed by atoms with Crippen molar-refractivity contribution >= 4 is 34.6 Å². The third-order valence-electron chi connectivity index (χ3n) is 2.36. The minimum atomic E-state index is -0.492. The molecule has 0 fully saturated rings. The number of aromatic nitrogens is 1. The van der Waals surface area contributed by atoms with Crippen LogP contribution in [0.15, 0.2) is 22.9 Å². The Morgan fingerprint density at radius 3 is 3.00 bits per heavy atom. The van der Waals surface area contributed by atoms with Gasteiger partial charge in [-0.25, -0.2) is 4.98 Å². The molecule has 0 aromatic carbocycles. The monoisotopic (exact) mass is 320 g/mol. The lowest BCUT2D eigenvalue weighted by molar-refractivity contribution is -0.147. The summed E-state index contributed by atoms with van der Waals surface area (Å²) in [7, 11) is 0. The smallest absolute Gasteiger partial charge is 0.312 e. The van der Waals surface area contributed by atoms with Crippen LogP contribution in [-0.4, -0.2) is 30.0 Å². The van der Waals surface area contributed by atoms with Crippen LogP contribution >= 0.6 is 22.7 Å². The average Bonchev–Trinajstić information content (AvgIpc) is 3.13. The van der Waals surface area contributed by atoms with E-state index < -0.39 is 11.9 Å². The van der Waals surface area contributed by atoms with Gasteiger partial charge in [0.1, 0.15) is 5.01 Å². The van der Waals surface area contributed by atoms with Crippen molar-refractivity contribution < 1.29 is 14.3 Å². The van der Waals surface area contributed by atoms with Crippen LogP contribution in [0.4, 0.5) is 0 Å². The van der Waals surface area contributed by atoms with E-state index in [1.807, 2.05) is 22.9 Å². The van der Waals surface area contributed by atoms with Gasteiger partial charge in [-0.3, -0.25) is 9.59 Å². The number of thiophene rings is 1. The Bertz CT molecular complexity index is 656. The normalized spacial score (nSPS) is 9.86. The van der Waals surface area contributed by atoms with Crippen LogP contribution < -0.4 is 5.32 Å². The number of thiazole rings is 1. The summed E-state index contributed by atoms with van der Waals surface area (Å²) in [6.45, 7) is -0.213. The molecule has 0 aliphatic rings. The fourth-order valence-corrected chi connectivity index (χ4v) is 3.08. The van der Waals surface area contributed by atoms with Gasteiger partial charge in [0.05, 0.1) is 23.5 Å². The van der Waals surface area contributed by atoms with Crippen molar-refractivity contribution in [3.8, 4) is 22.2 Å². The number of hydrogen-bond acceptors (Lipinski definition) is 6. The first-order valence-corrected chi connectivity index (χ1v) is 7.79. The summed E-state index contributed by atoms with van der Waals surface area (Å²) in [6, 6.07) is 3.92. The van der Waals surface area contributed by atoms with Gasteiger partial charge >= 0.3 is 5.97 Å². The first-order valence-electron chi connectivity index (χ1n) is 6.03. The van der Waals surface area contributed by atoms with E-state index in [1.54, 1.807) is 11.3 Å². The third-order valence-corrected chi connectivity index (χ3v) is 4.29. The number of nitrogens with zero attached hydrogens (tertiary/aromatic N) is 1. The molecule has 7 heteroatoms. The SMILES string of the molecule is C#CCNC(=O)COC(=O)Cc1csc(-c2cccs2)n1. The number of nitrogens with one attached hydrogen (secondary N) is 1. The van der Waals surface area contributed by atoms with Crippen LogP contribution in [0, 0.1) is 12.3 Å². The summed E-state index contributed by atoms with van der Waals surface area (Å²) in [5.41, 5.74) is 0.637. The Kier molecular flexibility index (Phi) is 5.49. The molecule has 0 radical (unpaired) electrons. The lowest BCUT2D eigenvalue weighted by Crippen LogP contribution is -2.29. The van der Waals surface area contributed by atoms with E-state index in [4.69, 9.17) is 11.2 Å². The number of hydrogen-bond donors (Lipinski definition) is 1. The van der Waals surface area contributed by atoms with Crippen molar-refractivity contribution in [2.75, 3.05) is 13.2 Å². The minimum absolute atomic E-state index is 0.0459. The predicted octanol–water partition coefficient (Wildman–Crippen LogP) is 1.71. The maximum absolute atomic E-state index is 11.6. The van der Waals surface area contributed by atoms with E-state index in [0.717, 1.165) is 9.88 Å². The zero-order valence-corrected chi connectivity index (χ0v) is 12.6. The minimum Gasteiger partial charge on any atom is -0.455 e. The van der Waals surface area contributed by atoms with Gasteiger partial charge in [0.2, 0.25) is 0 Å². The standard InChI is InChI=1S/C14H12N2O3S2/c1-2-5-15-12(17)8-19-13(18)7-10-9-21-14(16-10)11-4-3-6-20-11/h1,3-4,6,9H,5,7-8H2,(H,15,17). The molecular weight excluding hydrogens is 308 g/mol. The van der Waals surface area contributed by atoms with E-state index in [9.17, 15) is 9.59 Å². The molecule has 2 aromatic rings. The van der Waals surface area contributed by atoms with E-state index in [-0.39, 0.29) is 19.6 Å². The highest BCUT2D eigenvalue weighted by molar-refractivity contribution is 7.20. The quantitative estimate of drug-likeness (QED) is 0.650. The summed E-state index contributed by atoms with van der Waals surface area (Å²) in [4.78, 5) is 28.3. The number of carbonyl (C=O) groups is 2. The number of amides is 1. The molecule has 21 heavy (non-hydrogen) atoms. The van der Waals surface area contributed by atoms with Gasteiger partial charge in [0.25, 0.3) is 5.91 Å². The van der Waals surface area contributed by atoms with Crippen molar-refractivity contribution in [2.45, 2.75) is 6.42 Å². The molecule has 0 atom stereocenters. The second-order valence-corrected chi connectivity index (χ2v) is 5.75. The highest BCUT2D eigenvalue weighted by atomic mass is 32.1. The topological polar surface area (TPSA) is 68.3 Å². The van der Waals surface area contributed by atoms with Crippen molar-refractivity contribution in [2.24, 2.45) is 0 Å². The van der Waals surface area contributed by atoms with E-state index in [1.165, 1.54) is 11.3 Å². The molecular formula is C14H12N2O3S2. The summed E-state index contributed by atoms with van der Waals surface area (Å²) >= 11 is 3.07. The molecule has 1 N–H and O–H groups in total. The van der Waals surface area contributed by atoms with Crippen molar-refractivity contribution in [1.82, 2.24) is 10.3 Å². The molecule has 0 unspecified atom stereocenters. The van der Waals surface area contributed by atoms with Crippen LogP contribution in [0.5, 0.6) is 0 Å². The van der Waals surface area contributed by atoms with Gasteiger partial charge in [0, 0.05) is 5.38 Å². The fraction of sp³-hybridized carbons (Fsp3) is 0.214. The third kappa shape index (κ3) is 4.70. The highest BCUT2D eigenvalue weighted by Crippen LogP contribution is 2.27. The predicted molar refractivity (Wildman–Crippen MR) is 81.9 cm³/mol. The van der Waals surface area contributed by atoms with Crippen molar-refractivity contribution in [3.63, 3.8) is 0 Å². The van der Waals surface area contributed by atoms with Gasteiger partial charge in [-0.2, -0.15) is 0 Å². The van der Waals surface area contributed by atoms with Gasteiger partial charge in [-0.15, -0.1) is 29.1 Å². The zero-order valence-electron chi connectivity index (χ0n) is 11.0. The zero-order chi connectivity index (χ0) is 15.1. The average molecular weight is 320 g/mol. The maximum Gasteiger partial charge on any atom is 0.312 e.